The zero-order valence-electron chi connectivity index (χ0n) is 10.1. The van der Waals surface area contributed by atoms with Gasteiger partial charge in [0.15, 0.2) is 0 Å². The number of hydrazine groups is 1. The Hall–Kier alpha value is -1.67. The molecule has 0 aliphatic rings. The van der Waals surface area contributed by atoms with E-state index in [1.165, 1.54) is 7.11 Å². The molecular weight excluding hydrogens is 266 g/mol. The molecule has 0 fully saturated rings. The molecule has 0 unspecified atom stereocenters. The summed E-state index contributed by atoms with van der Waals surface area (Å²) in [6, 6.07) is 2.03. The number of halogens is 4. The molecule has 0 radical (unpaired) electrons. The quantitative estimate of drug-likeness (QED) is 0.220. The van der Waals surface area contributed by atoms with Crippen molar-refractivity contribution in [2.45, 2.75) is 6.18 Å². The van der Waals surface area contributed by atoms with Gasteiger partial charge in [0, 0.05) is 7.11 Å². The summed E-state index contributed by atoms with van der Waals surface area (Å²) in [5, 5.41) is 0. The molecule has 0 saturated carbocycles. The molecule has 0 aliphatic heterocycles. The Bertz CT molecular complexity index is 460. The van der Waals surface area contributed by atoms with Gasteiger partial charge in [-0.25, -0.2) is 10.2 Å². The first-order chi connectivity index (χ1) is 8.90. The van der Waals surface area contributed by atoms with Crippen molar-refractivity contribution in [2.24, 2.45) is 10.8 Å². The molecule has 0 saturated heterocycles. The van der Waals surface area contributed by atoms with E-state index in [0.717, 1.165) is 6.07 Å². The van der Waals surface area contributed by atoms with Crippen molar-refractivity contribution in [2.75, 3.05) is 20.3 Å². The molecule has 3 N–H and O–H groups in total. The van der Waals surface area contributed by atoms with Gasteiger partial charge in [0.1, 0.15) is 11.7 Å². The van der Waals surface area contributed by atoms with E-state index in [2.05, 4.69) is 10.4 Å². The van der Waals surface area contributed by atoms with Gasteiger partial charge in [0.05, 0.1) is 24.3 Å². The fraction of sp³-hybridized carbons (Fsp3) is 0.364. The van der Waals surface area contributed by atoms with Crippen LogP contribution in [0.4, 0.5) is 17.6 Å². The minimum Gasteiger partial charge on any atom is -0.383 e. The first kappa shape index (κ1) is 15.4. The van der Waals surface area contributed by atoms with Crippen LogP contribution in [-0.2, 0) is 10.9 Å². The summed E-state index contributed by atoms with van der Waals surface area (Å²) >= 11 is 0. The highest BCUT2D eigenvalue weighted by Gasteiger charge is 2.31. The second-order valence-electron chi connectivity index (χ2n) is 3.56. The topological polar surface area (TPSA) is 59.6 Å². The number of nitrogens with two attached hydrogens (primary N) is 1. The SMILES string of the molecule is COCCN=C(NN)c1cc(C(F)(F)F)ccc1F. The van der Waals surface area contributed by atoms with Gasteiger partial charge in [-0.15, -0.1) is 0 Å². The Morgan fingerprint density at radius 3 is 2.63 bits per heavy atom. The number of hydrogen-bond donors (Lipinski definition) is 2. The zero-order valence-corrected chi connectivity index (χ0v) is 10.1. The van der Waals surface area contributed by atoms with E-state index in [0.29, 0.717) is 12.1 Å². The highest BCUT2D eigenvalue weighted by molar-refractivity contribution is 5.98. The van der Waals surface area contributed by atoms with Gasteiger partial charge >= 0.3 is 6.18 Å². The summed E-state index contributed by atoms with van der Waals surface area (Å²) < 4.78 is 55.9. The van der Waals surface area contributed by atoms with Crippen LogP contribution in [0.15, 0.2) is 23.2 Å². The molecule has 0 amide bonds. The summed E-state index contributed by atoms with van der Waals surface area (Å²) in [7, 11) is 1.44. The Labute approximate surface area is 107 Å². The Morgan fingerprint density at radius 1 is 1.42 bits per heavy atom. The van der Waals surface area contributed by atoms with Crippen LogP contribution in [0.25, 0.3) is 0 Å². The highest BCUT2D eigenvalue weighted by atomic mass is 19.4. The number of hydrogen-bond acceptors (Lipinski definition) is 3. The Morgan fingerprint density at radius 2 is 2.11 bits per heavy atom. The van der Waals surface area contributed by atoms with Crippen LogP contribution in [-0.4, -0.2) is 26.1 Å². The smallest absolute Gasteiger partial charge is 0.383 e. The molecule has 19 heavy (non-hydrogen) atoms. The lowest BCUT2D eigenvalue weighted by atomic mass is 10.1. The molecule has 0 heterocycles. The van der Waals surface area contributed by atoms with Crippen LogP contribution >= 0.6 is 0 Å². The lowest BCUT2D eigenvalue weighted by molar-refractivity contribution is -0.137. The number of aliphatic imine (C=N–C) groups is 1. The van der Waals surface area contributed by atoms with Crippen molar-refractivity contribution in [1.82, 2.24) is 5.43 Å². The van der Waals surface area contributed by atoms with Crippen molar-refractivity contribution in [1.29, 1.82) is 0 Å². The maximum absolute atomic E-state index is 13.5. The van der Waals surface area contributed by atoms with Crippen LogP contribution in [0.3, 0.4) is 0 Å². The molecule has 106 valence electrons. The maximum Gasteiger partial charge on any atom is 0.416 e. The van der Waals surface area contributed by atoms with Crippen molar-refractivity contribution >= 4 is 5.84 Å². The van der Waals surface area contributed by atoms with Crippen molar-refractivity contribution in [3.63, 3.8) is 0 Å². The third-order valence-corrected chi connectivity index (χ3v) is 2.25. The maximum atomic E-state index is 13.5. The van der Waals surface area contributed by atoms with Gasteiger partial charge < -0.3 is 10.2 Å². The van der Waals surface area contributed by atoms with Gasteiger partial charge in [-0.1, -0.05) is 0 Å². The summed E-state index contributed by atoms with van der Waals surface area (Å²) in [5.41, 5.74) is 0.771. The molecule has 0 spiro atoms. The van der Waals surface area contributed by atoms with Crippen LogP contribution in [0, 0.1) is 5.82 Å². The summed E-state index contributed by atoms with van der Waals surface area (Å²) in [6.07, 6.45) is -4.56. The van der Waals surface area contributed by atoms with Crippen LogP contribution in [0.2, 0.25) is 0 Å². The average Bonchev–Trinajstić information content (AvgIpc) is 2.34. The van der Waals surface area contributed by atoms with Gasteiger partial charge in [-0.05, 0) is 18.2 Å². The van der Waals surface area contributed by atoms with E-state index < -0.39 is 17.6 Å². The molecule has 0 atom stereocenters. The normalized spacial score (nSPS) is 12.6. The molecular formula is C11H13F4N3O. The predicted molar refractivity (Wildman–Crippen MR) is 62.0 cm³/mol. The van der Waals surface area contributed by atoms with E-state index in [9.17, 15) is 17.6 Å². The number of methoxy groups -OCH3 is 1. The minimum absolute atomic E-state index is 0.145. The summed E-state index contributed by atoms with van der Waals surface area (Å²) in [6.45, 7) is 0.386. The molecule has 1 aromatic rings. The Kier molecular flexibility index (Phi) is 5.25. The number of amidine groups is 1. The minimum atomic E-state index is -4.56. The largest absolute Gasteiger partial charge is 0.416 e. The van der Waals surface area contributed by atoms with E-state index >= 15 is 0 Å². The average molecular weight is 279 g/mol. The van der Waals surface area contributed by atoms with Crippen molar-refractivity contribution in [3.05, 3.63) is 35.1 Å². The van der Waals surface area contributed by atoms with Gasteiger partial charge in [-0.2, -0.15) is 13.2 Å². The van der Waals surface area contributed by atoms with Crippen LogP contribution < -0.4 is 11.3 Å². The van der Waals surface area contributed by atoms with Gasteiger partial charge in [0.25, 0.3) is 0 Å². The number of nitrogens with zero attached hydrogens (tertiary/aromatic N) is 1. The second-order valence-corrected chi connectivity index (χ2v) is 3.56. The molecule has 4 nitrogen and oxygen atoms in total. The summed E-state index contributed by atoms with van der Waals surface area (Å²) in [4.78, 5) is 3.83. The zero-order chi connectivity index (χ0) is 14.5. The lowest BCUT2D eigenvalue weighted by Gasteiger charge is -2.11. The second kappa shape index (κ2) is 6.48. The monoisotopic (exact) mass is 279 g/mol. The van der Waals surface area contributed by atoms with Gasteiger partial charge in [0.2, 0.25) is 0 Å². The van der Waals surface area contributed by atoms with E-state index in [-0.39, 0.29) is 24.6 Å². The molecule has 8 heteroatoms. The van der Waals surface area contributed by atoms with Gasteiger partial charge in [-0.3, -0.25) is 4.99 Å². The predicted octanol–water partition coefficient (Wildman–Crippen LogP) is 1.70. The fourth-order valence-electron chi connectivity index (χ4n) is 1.34. The van der Waals surface area contributed by atoms with Crippen LogP contribution in [0.1, 0.15) is 11.1 Å². The molecule has 1 rings (SSSR count). The highest BCUT2D eigenvalue weighted by Crippen LogP contribution is 2.30. The lowest BCUT2D eigenvalue weighted by Crippen LogP contribution is -2.32. The van der Waals surface area contributed by atoms with Crippen molar-refractivity contribution in [3.8, 4) is 0 Å². The molecule has 0 bridgehead atoms. The third-order valence-electron chi connectivity index (χ3n) is 2.25. The third kappa shape index (κ3) is 4.18. The first-order valence-corrected chi connectivity index (χ1v) is 5.27. The number of nitrogens with one attached hydrogen (secondary N) is 1. The number of benzene rings is 1. The fourth-order valence-corrected chi connectivity index (χ4v) is 1.34. The molecule has 0 aromatic heterocycles. The summed E-state index contributed by atoms with van der Waals surface area (Å²) in [5.74, 6) is 4.13. The number of rotatable bonds is 4. The standard InChI is InChI=1S/C11H13F4N3O/c1-19-5-4-17-10(18-16)8-6-7(11(13,14)15)2-3-9(8)12/h2-3,6H,4-5,16H2,1H3,(H,17,18). The van der Waals surface area contributed by atoms with Crippen molar-refractivity contribution < 1.29 is 22.3 Å². The Balaban J connectivity index is 3.12. The van der Waals surface area contributed by atoms with Crippen LogP contribution in [0.5, 0.6) is 0 Å². The number of ether oxygens (including phenoxy) is 1. The first-order valence-electron chi connectivity index (χ1n) is 5.27. The number of alkyl halides is 3. The molecule has 1 aromatic carbocycles. The van der Waals surface area contributed by atoms with E-state index in [1.807, 2.05) is 0 Å². The van der Waals surface area contributed by atoms with E-state index in [4.69, 9.17) is 10.6 Å². The van der Waals surface area contributed by atoms with E-state index in [1.54, 1.807) is 0 Å². The molecule has 0 aliphatic carbocycles.